The van der Waals surface area contributed by atoms with E-state index in [0.29, 0.717) is 22.3 Å². The van der Waals surface area contributed by atoms with Gasteiger partial charge in [0, 0.05) is 17.0 Å². The van der Waals surface area contributed by atoms with Crippen molar-refractivity contribution in [3.8, 4) is 0 Å². The number of thioether (sulfide) groups is 1. The van der Waals surface area contributed by atoms with Crippen molar-refractivity contribution < 1.29 is 4.39 Å². The Kier molecular flexibility index (Phi) is 4.61. The van der Waals surface area contributed by atoms with Gasteiger partial charge in [0.15, 0.2) is 11.6 Å². The van der Waals surface area contributed by atoms with Crippen LogP contribution in [0.25, 0.3) is 0 Å². The molecule has 0 atom stereocenters. The molecule has 0 aliphatic carbocycles. The Morgan fingerprint density at radius 3 is 2.84 bits per heavy atom. The summed E-state index contributed by atoms with van der Waals surface area (Å²) in [7, 11) is 1.64. The molecule has 0 spiro atoms. The minimum Gasteiger partial charge on any atom is -0.371 e. The molecule has 2 aromatic rings. The van der Waals surface area contributed by atoms with Gasteiger partial charge in [0.1, 0.15) is 5.82 Å². The first-order chi connectivity index (χ1) is 9.10. The van der Waals surface area contributed by atoms with Gasteiger partial charge >= 0.3 is 0 Å². The number of nitrogens with one attached hydrogen (secondary N) is 1. The molecular weight excluding hydrogens is 285 g/mol. The van der Waals surface area contributed by atoms with Gasteiger partial charge in [-0.3, -0.25) is 0 Å². The minimum absolute atomic E-state index is 0.231. The highest BCUT2D eigenvalue weighted by molar-refractivity contribution is 7.98. The fourth-order valence-corrected chi connectivity index (χ4v) is 2.62. The van der Waals surface area contributed by atoms with Crippen LogP contribution in [-0.4, -0.2) is 17.0 Å². The summed E-state index contributed by atoms with van der Waals surface area (Å²) < 4.78 is 13.6. The second kappa shape index (κ2) is 6.21. The maximum absolute atomic E-state index is 13.6. The highest BCUT2D eigenvalue weighted by atomic mass is 35.5. The summed E-state index contributed by atoms with van der Waals surface area (Å²) in [5.41, 5.74) is 0.348. The third kappa shape index (κ3) is 3.58. The number of aryl methyl sites for hydroxylation is 1. The Bertz CT molecular complexity index is 592. The standard InChI is InChI=1S/C13H13ClFN3S/c1-8-12(15)13(16-2)18-11(17-8)7-19-10-5-3-4-9(14)6-10/h3-6H,7H2,1-2H3,(H,16,17,18). The van der Waals surface area contributed by atoms with Crippen LogP contribution in [0.2, 0.25) is 5.02 Å². The summed E-state index contributed by atoms with van der Waals surface area (Å²) in [4.78, 5) is 9.31. The molecular formula is C13H13ClFN3S. The zero-order chi connectivity index (χ0) is 13.8. The molecule has 3 nitrogen and oxygen atoms in total. The molecule has 0 bridgehead atoms. The lowest BCUT2D eigenvalue weighted by molar-refractivity contribution is 0.603. The van der Waals surface area contributed by atoms with E-state index in [9.17, 15) is 4.39 Å². The highest BCUT2D eigenvalue weighted by Crippen LogP contribution is 2.25. The van der Waals surface area contributed by atoms with Crippen LogP contribution >= 0.6 is 23.4 Å². The van der Waals surface area contributed by atoms with E-state index in [1.807, 2.05) is 24.3 Å². The van der Waals surface area contributed by atoms with E-state index in [1.54, 1.807) is 25.7 Å². The molecule has 100 valence electrons. The Hall–Kier alpha value is -1.33. The van der Waals surface area contributed by atoms with Crippen LogP contribution in [0.1, 0.15) is 11.5 Å². The molecule has 0 unspecified atom stereocenters. The molecule has 0 amide bonds. The average molecular weight is 298 g/mol. The first kappa shape index (κ1) is 14.1. The van der Waals surface area contributed by atoms with Crippen LogP contribution in [0.3, 0.4) is 0 Å². The normalized spacial score (nSPS) is 10.5. The molecule has 0 saturated carbocycles. The van der Waals surface area contributed by atoms with Crippen molar-refractivity contribution in [2.75, 3.05) is 12.4 Å². The summed E-state index contributed by atoms with van der Waals surface area (Å²) in [6, 6.07) is 7.55. The van der Waals surface area contributed by atoms with Gasteiger partial charge in [-0.2, -0.15) is 0 Å². The SMILES string of the molecule is CNc1nc(CSc2cccc(Cl)c2)nc(C)c1F. The zero-order valence-corrected chi connectivity index (χ0v) is 12.1. The summed E-state index contributed by atoms with van der Waals surface area (Å²) in [6.45, 7) is 1.63. The number of aromatic nitrogens is 2. The van der Waals surface area contributed by atoms with Crippen molar-refractivity contribution in [2.24, 2.45) is 0 Å². The predicted molar refractivity (Wildman–Crippen MR) is 77.3 cm³/mol. The van der Waals surface area contributed by atoms with Gasteiger partial charge < -0.3 is 5.32 Å². The van der Waals surface area contributed by atoms with Crippen molar-refractivity contribution in [2.45, 2.75) is 17.6 Å². The number of anilines is 1. The maximum atomic E-state index is 13.6. The molecule has 1 aromatic carbocycles. The smallest absolute Gasteiger partial charge is 0.186 e. The van der Waals surface area contributed by atoms with Crippen LogP contribution < -0.4 is 5.32 Å². The Morgan fingerprint density at radius 1 is 1.37 bits per heavy atom. The van der Waals surface area contributed by atoms with E-state index < -0.39 is 5.82 Å². The molecule has 1 aromatic heterocycles. The van der Waals surface area contributed by atoms with Gasteiger partial charge in [-0.25, -0.2) is 14.4 Å². The third-order valence-electron chi connectivity index (χ3n) is 2.46. The quantitative estimate of drug-likeness (QED) is 0.868. The first-order valence-electron chi connectivity index (χ1n) is 5.69. The average Bonchev–Trinajstić information content (AvgIpc) is 2.40. The lowest BCUT2D eigenvalue weighted by Gasteiger charge is -2.07. The highest BCUT2D eigenvalue weighted by Gasteiger charge is 2.10. The molecule has 19 heavy (non-hydrogen) atoms. The van der Waals surface area contributed by atoms with Gasteiger partial charge in [0.25, 0.3) is 0 Å². The van der Waals surface area contributed by atoms with Gasteiger partial charge in [0.05, 0.1) is 11.4 Å². The summed E-state index contributed by atoms with van der Waals surface area (Å²) in [6.07, 6.45) is 0. The first-order valence-corrected chi connectivity index (χ1v) is 7.05. The van der Waals surface area contributed by atoms with Crippen LogP contribution in [0.5, 0.6) is 0 Å². The lowest BCUT2D eigenvalue weighted by Crippen LogP contribution is -2.05. The molecule has 2 rings (SSSR count). The summed E-state index contributed by atoms with van der Waals surface area (Å²) >= 11 is 7.48. The molecule has 0 radical (unpaired) electrons. The van der Waals surface area contributed by atoms with Crippen LogP contribution in [0, 0.1) is 12.7 Å². The van der Waals surface area contributed by atoms with Crippen molar-refractivity contribution in [3.63, 3.8) is 0 Å². The number of hydrogen-bond donors (Lipinski definition) is 1. The van der Waals surface area contributed by atoms with E-state index in [1.165, 1.54) is 0 Å². The predicted octanol–water partition coefficient (Wildman–Crippen LogP) is 3.91. The Labute approximate surface area is 120 Å². The monoisotopic (exact) mass is 297 g/mol. The van der Waals surface area contributed by atoms with E-state index in [-0.39, 0.29) is 5.82 Å². The van der Waals surface area contributed by atoms with Gasteiger partial charge in [-0.15, -0.1) is 11.8 Å². The minimum atomic E-state index is -0.404. The van der Waals surface area contributed by atoms with Crippen molar-refractivity contribution >= 4 is 29.2 Å². The van der Waals surface area contributed by atoms with Crippen LogP contribution in [-0.2, 0) is 5.75 Å². The fraction of sp³-hybridized carbons (Fsp3) is 0.231. The van der Waals surface area contributed by atoms with E-state index >= 15 is 0 Å². The van der Waals surface area contributed by atoms with Crippen molar-refractivity contribution in [3.05, 3.63) is 46.6 Å². The Balaban J connectivity index is 2.13. The molecule has 1 N–H and O–H groups in total. The molecule has 0 aliphatic heterocycles. The summed E-state index contributed by atoms with van der Waals surface area (Å²) in [5.74, 6) is 0.984. The van der Waals surface area contributed by atoms with E-state index in [2.05, 4.69) is 15.3 Å². The number of halogens is 2. The fourth-order valence-electron chi connectivity index (χ4n) is 1.55. The molecule has 0 saturated heterocycles. The van der Waals surface area contributed by atoms with Crippen LogP contribution in [0.15, 0.2) is 29.2 Å². The lowest BCUT2D eigenvalue weighted by atomic mass is 10.4. The van der Waals surface area contributed by atoms with Gasteiger partial charge in [-0.1, -0.05) is 17.7 Å². The molecule has 1 heterocycles. The summed E-state index contributed by atoms with van der Waals surface area (Å²) in [5, 5.41) is 3.42. The number of benzene rings is 1. The number of nitrogens with zero attached hydrogens (tertiary/aromatic N) is 2. The van der Waals surface area contributed by atoms with Crippen LogP contribution in [0.4, 0.5) is 10.2 Å². The topological polar surface area (TPSA) is 37.8 Å². The second-order valence-electron chi connectivity index (χ2n) is 3.88. The van der Waals surface area contributed by atoms with Crippen molar-refractivity contribution in [1.82, 2.24) is 9.97 Å². The molecule has 0 aliphatic rings. The molecule has 6 heteroatoms. The second-order valence-corrected chi connectivity index (χ2v) is 5.37. The number of rotatable bonds is 4. The van der Waals surface area contributed by atoms with E-state index in [4.69, 9.17) is 11.6 Å². The van der Waals surface area contributed by atoms with Gasteiger partial charge in [0.2, 0.25) is 0 Å². The van der Waals surface area contributed by atoms with Gasteiger partial charge in [-0.05, 0) is 25.1 Å². The Morgan fingerprint density at radius 2 is 2.16 bits per heavy atom. The van der Waals surface area contributed by atoms with Crippen molar-refractivity contribution in [1.29, 1.82) is 0 Å². The van der Waals surface area contributed by atoms with E-state index in [0.717, 1.165) is 4.90 Å². The number of hydrogen-bond acceptors (Lipinski definition) is 4. The molecule has 0 fully saturated rings. The zero-order valence-electron chi connectivity index (χ0n) is 10.6. The largest absolute Gasteiger partial charge is 0.371 e. The third-order valence-corrected chi connectivity index (χ3v) is 3.69. The maximum Gasteiger partial charge on any atom is 0.186 e.